The van der Waals surface area contributed by atoms with Crippen LogP contribution in [0.1, 0.15) is 45.8 Å². The minimum absolute atomic E-state index is 0.213. The number of nitrogens with zero attached hydrogens (tertiary/aromatic N) is 1. The standard InChI is InChI=1S/C17H27NO/c1-13(2)10-11-18-14(3)12-19-17(15(18)4)16-8-6-5-7-9-16/h5-9,13-15,17H,10-12H2,1-4H3. The average Bonchev–Trinajstić information content (AvgIpc) is 2.39. The quantitative estimate of drug-likeness (QED) is 0.815. The van der Waals surface area contributed by atoms with E-state index >= 15 is 0 Å². The summed E-state index contributed by atoms with van der Waals surface area (Å²) in [4.78, 5) is 2.61. The second kappa shape index (κ2) is 6.53. The molecule has 2 rings (SSSR count). The predicted octanol–water partition coefficient (Wildman–Crippen LogP) is 3.88. The van der Waals surface area contributed by atoms with Gasteiger partial charge < -0.3 is 4.74 Å². The summed E-state index contributed by atoms with van der Waals surface area (Å²) in [5.74, 6) is 0.762. The summed E-state index contributed by atoms with van der Waals surface area (Å²) in [6.07, 6.45) is 1.47. The van der Waals surface area contributed by atoms with Crippen molar-refractivity contribution in [1.29, 1.82) is 0 Å². The fourth-order valence-electron chi connectivity index (χ4n) is 2.90. The SMILES string of the molecule is CC(C)CCN1C(C)COC(c2ccccc2)C1C. The molecule has 19 heavy (non-hydrogen) atoms. The highest BCUT2D eigenvalue weighted by Gasteiger charge is 2.33. The molecule has 1 aliphatic heterocycles. The van der Waals surface area contributed by atoms with Gasteiger partial charge in [0.25, 0.3) is 0 Å². The van der Waals surface area contributed by atoms with Crippen molar-refractivity contribution in [3.8, 4) is 0 Å². The van der Waals surface area contributed by atoms with E-state index in [1.165, 1.54) is 18.5 Å². The normalized spacial score (nSPS) is 28.8. The Morgan fingerprint density at radius 3 is 2.53 bits per heavy atom. The number of morpholine rings is 1. The van der Waals surface area contributed by atoms with Gasteiger partial charge in [0.15, 0.2) is 0 Å². The topological polar surface area (TPSA) is 12.5 Å². The molecule has 1 aromatic rings. The first-order chi connectivity index (χ1) is 9.09. The van der Waals surface area contributed by atoms with Crippen molar-refractivity contribution in [2.24, 2.45) is 5.92 Å². The molecular formula is C17H27NO. The van der Waals surface area contributed by atoms with Crippen molar-refractivity contribution >= 4 is 0 Å². The molecule has 2 nitrogen and oxygen atoms in total. The fourth-order valence-corrected chi connectivity index (χ4v) is 2.90. The summed E-state index contributed by atoms with van der Waals surface area (Å²) < 4.78 is 6.08. The molecule has 1 aromatic carbocycles. The Morgan fingerprint density at radius 2 is 1.89 bits per heavy atom. The summed E-state index contributed by atoms with van der Waals surface area (Å²) in [5.41, 5.74) is 1.30. The smallest absolute Gasteiger partial charge is 0.0978 e. The Balaban J connectivity index is 2.07. The molecule has 1 aliphatic rings. The van der Waals surface area contributed by atoms with Gasteiger partial charge in [-0.2, -0.15) is 0 Å². The van der Waals surface area contributed by atoms with Crippen molar-refractivity contribution in [3.05, 3.63) is 35.9 Å². The first-order valence-corrected chi connectivity index (χ1v) is 7.52. The number of hydrogen-bond donors (Lipinski definition) is 0. The average molecular weight is 261 g/mol. The molecule has 1 fully saturated rings. The van der Waals surface area contributed by atoms with E-state index in [1.54, 1.807) is 0 Å². The zero-order chi connectivity index (χ0) is 13.8. The lowest BCUT2D eigenvalue weighted by atomic mass is 9.97. The third kappa shape index (κ3) is 3.58. The van der Waals surface area contributed by atoms with Crippen molar-refractivity contribution in [2.45, 2.75) is 52.3 Å². The van der Waals surface area contributed by atoms with Crippen molar-refractivity contribution in [1.82, 2.24) is 4.90 Å². The van der Waals surface area contributed by atoms with Gasteiger partial charge in [-0.1, -0.05) is 44.2 Å². The number of rotatable bonds is 4. The predicted molar refractivity (Wildman–Crippen MR) is 80.2 cm³/mol. The summed E-state index contributed by atoms with van der Waals surface area (Å²) in [7, 11) is 0. The maximum Gasteiger partial charge on any atom is 0.0978 e. The van der Waals surface area contributed by atoms with Gasteiger partial charge in [-0.3, -0.25) is 4.90 Å². The van der Waals surface area contributed by atoms with E-state index in [0.29, 0.717) is 12.1 Å². The lowest BCUT2D eigenvalue weighted by molar-refractivity contribution is -0.0966. The third-order valence-electron chi connectivity index (χ3n) is 4.14. The lowest BCUT2D eigenvalue weighted by Gasteiger charge is -2.44. The van der Waals surface area contributed by atoms with Crippen LogP contribution < -0.4 is 0 Å². The van der Waals surface area contributed by atoms with Crippen LogP contribution in [0.25, 0.3) is 0 Å². The Kier molecular flexibility index (Phi) is 5.00. The molecule has 0 bridgehead atoms. The molecule has 2 heteroatoms. The number of hydrogen-bond acceptors (Lipinski definition) is 2. The van der Waals surface area contributed by atoms with Crippen molar-refractivity contribution in [2.75, 3.05) is 13.2 Å². The van der Waals surface area contributed by atoms with Gasteiger partial charge in [-0.15, -0.1) is 0 Å². The summed E-state index contributed by atoms with van der Waals surface area (Å²) in [6, 6.07) is 11.6. The summed E-state index contributed by atoms with van der Waals surface area (Å²) >= 11 is 0. The van der Waals surface area contributed by atoms with Gasteiger partial charge >= 0.3 is 0 Å². The van der Waals surface area contributed by atoms with Crippen LogP contribution in [0.3, 0.4) is 0 Å². The van der Waals surface area contributed by atoms with E-state index in [-0.39, 0.29) is 6.10 Å². The summed E-state index contributed by atoms with van der Waals surface area (Å²) in [6.45, 7) is 11.2. The highest BCUT2D eigenvalue weighted by molar-refractivity contribution is 5.19. The molecule has 0 amide bonds. The van der Waals surface area contributed by atoms with Crippen LogP contribution in [0.4, 0.5) is 0 Å². The van der Waals surface area contributed by atoms with Gasteiger partial charge in [-0.25, -0.2) is 0 Å². The number of ether oxygens (including phenoxy) is 1. The van der Waals surface area contributed by atoms with Crippen LogP contribution in [-0.4, -0.2) is 30.1 Å². The molecule has 3 atom stereocenters. The van der Waals surface area contributed by atoms with E-state index in [0.717, 1.165) is 12.5 Å². The largest absolute Gasteiger partial charge is 0.370 e. The molecule has 0 radical (unpaired) electrons. The first kappa shape index (κ1) is 14.5. The van der Waals surface area contributed by atoms with Crippen LogP contribution in [0.15, 0.2) is 30.3 Å². The summed E-state index contributed by atoms with van der Waals surface area (Å²) in [5, 5.41) is 0. The Bertz CT molecular complexity index is 376. The van der Waals surface area contributed by atoms with E-state index in [4.69, 9.17) is 4.74 Å². The molecule has 0 saturated carbocycles. The highest BCUT2D eigenvalue weighted by atomic mass is 16.5. The molecule has 1 saturated heterocycles. The second-order valence-corrected chi connectivity index (χ2v) is 6.17. The van der Waals surface area contributed by atoms with E-state index < -0.39 is 0 Å². The van der Waals surface area contributed by atoms with Crippen LogP contribution in [0.2, 0.25) is 0 Å². The minimum Gasteiger partial charge on any atom is -0.370 e. The third-order valence-corrected chi connectivity index (χ3v) is 4.14. The zero-order valence-corrected chi connectivity index (χ0v) is 12.7. The monoisotopic (exact) mass is 261 g/mol. The molecular weight excluding hydrogens is 234 g/mol. The van der Waals surface area contributed by atoms with E-state index in [2.05, 4.69) is 62.9 Å². The molecule has 0 aliphatic carbocycles. The first-order valence-electron chi connectivity index (χ1n) is 7.52. The van der Waals surface area contributed by atoms with Crippen LogP contribution in [0.5, 0.6) is 0 Å². The van der Waals surface area contributed by atoms with Crippen molar-refractivity contribution < 1.29 is 4.74 Å². The van der Waals surface area contributed by atoms with Gasteiger partial charge in [0.05, 0.1) is 12.7 Å². The fraction of sp³-hybridized carbons (Fsp3) is 0.647. The van der Waals surface area contributed by atoms with Gasteiger partial charge in [0.2, 0.25) is 0 Å². The maximum atomic E-state index is 6.08. The molecule has 3 unspecified atom stereocenters. The van der Waals surface area contributed by atoms with Crippen molar-refractivity contribution in [3.63, 3.8) is 0 Å². The Hall–Kier alpha value is -0.860. The van der Waals surface area contributed by atoms with E-state index in [1.807, 2.05) is 0 Å². The van der Waals surface area contributed by atoms with Crippen LogP contribution >= 0.6 is 0 Å². The Labute approximate surface area is 117 Å². The molecule has 1 heterocycles. The molecule has 0 N–H and O–H groups in total. The van der Waals surface area contributed by atoms with Gasteiger partial charge in [0, 0.05) is 12.1 Å². The van der Waals surface area contributed by atoms with Gasteiger partial charge in [-0.05, 0) is 38.3 Å². The minimum atomic E-state index is 0.213. The molecule has 0 aromatic heterocycles. The number of benzene rings is 1. The maximum absolute atomic E-state index is 6.08. The Morgan fingerprint density at radius 1 is 1.21 bits per heavy atom. The van der Waals surface area contributed by atoms with Crippen LogP contribution in [-0.2, 0) is 4.74 Å². The van der Waals surface area contributed by atoms with E-state index in [9.17, 15) is 0 Å². The highest BCUT2D eigenvalue weighted by Crippen LogP contribution is 2.31. The molecule has 0 spiro atoms. The molecule has 106 valence electrons. The zero-order valence-electron chi connectivity index (χ0n) is 12.7. The van der Waals surface area contributed by atoms with Gasteiger partial charge in [0.1, 0.15) is 0 Å². The second-order valence-electron chi connectivity index (χ2n) is 6.17. The van der Waals surface area contributed by atoms with Crippen LogP contribution in [0, 0.1) is 5.92 Å². The lowest BCUT2D eigenvalue weighted by Crippen LogP contribution is -2.51.